The first-order valence-electron chi connectivity index (χ1n) is 11.6. The van der Waals surface area contributed by atoms with E-state index in [1.165, 1.54) is 18.3 Å². The molecule has 0 saturated heterocycles. The van der Waals surface area contributed by atoms with Crippen molar-refractivity contribution in [1.82, 2.24) is 10.1 Å². The number of sulfonamides is 1. The number of carbonyl (C=O) groups excluding carboxylic acids is 1. The van der Waals surface area contributed by atoms with Crippen molar-refractivity contribution in [2.24, 2.45) is 11.0 Å². The highest BCUT2D eigenvalue weighted by atomic mass is 79.9. The summed E-state index contributed by atoms with van der Waals surface area (Å²) >= 11 is 7.04. The number of halogens is 2. The second-order valence-corrected chi connectivity index (χ2v) is 12.4. The van der Waals surface area contributed by atoms with E-state index in [1.807, 2.05) is 63.2 Å². The van der Waals surface area contributed by atoms with Gasteiger partial charge >= 0.3 is 0 Å². The predicted molar refractivity (Wildman–Crippen MR) is 153 cm³/mol. The highest BCUT2D eigenvalue weighted by Crippen LogP contribution is 2.35. The van der Waals surface area contributed by atoms with Gasteiger partial charge in [-0.2, -0.15) is 9.82 Å². The number of aryl methyl sites for hydroxylation is 1. The number of rotatable bonds is 11. The second-order valence-electron chi connectivity index (χ2n) is 8.94. The Morgan fingerprint density at radius 1 is 1.03 bits per heavy atom. The maximum Gasteiger partial charge on any atom is 0.258 e. The highest BCUT2D eigenvalue weighted by Gasteiger charge is 2.26. The van der Waals surface area contributed by atoms with Crippen molar-refractivity contribution in [3.63, 3.8) is 0 Å². The molecular weight excluding hydrogens is 622 g/mol. The summed E-state index contributed by atoms with van der Waals surface area (Å²) in [7, 11) is -3.87. The lowest BCUT2D eigenvalue weighted by Crippen LogP contribution is -2.46. The number of nitrogens with one attached hydrogen (secondary N) is 2. The Kier molecular flexibility index (Phi) is 10.5. The van der Waals surface area contributed by atoms with Crippen LogP contribution >= 0.6 is 31.9 Å². The summed E-state index contributed by atoms with van der Waals surface area (Å²) in [6, 6.07) is 18.9. The molecule has 7 nitrogen and oxygen atoms in total. The van der Waals surface area contributed by atoms with Gasteiger partial charge in [-0.1, -0.05) is 61.9 Å². The van der Waals surface area contributed by atoms with Crippen molar-refractivity contribution in [2.45, 2.75) is 44.7 Å². The number of hydrazone groups is 1. The van der Waals surface area contributed by atoms with Gasteiger partial charge in [0.1, 0.15) is 18.4 Å². The molecule has 0 heterocycles. The van der Waals surface area contributed by atoms with Crippen LogP contribution in [0, 0.1) is 12.8 Å². The summed E-state index contributed by atoms with van der Waals surface area (Å²) in [6.07, 6.45) is 1.80. The van der Waals surface area contributed by atoms with E-state index < -0.39 is 22.0 Å². The molecule has 0 fully saturated rings. The van der Waals surface area contributed by atoms with Crippen LogP contribution in [0.3, 0.4) is 0 Å². The van der Waals surface area contributed by atoms with Gasteiger partial charge in [0, 0.05) is 0 Å². The SMILES string of the molecule is Cc1ccc(S(=O)(=O)N[C@H](CC(C)C)C(=O)N/N=C\c2cc(Br)c(OCc3ccccc3)c(Br)c2)cc1. The normalized spacial score (nSPS) is 12.6. The molecule has 0 unspecified atom stereocenters. The van der Waals surface area contributed by atoms with Crippen LogP contribution < -0.4 is 14.9 Å². The summed E-state index contributed by atoms with van der Waals surface area (Å²) in [5.41, 5.74) is 5.15. The molecule has 0 radical (unpaired) electrons. The van der Waals surface area contributed by atoms with Gasteiger partial charge in [-0.15, -0.1) is 0 Å². The molecule has 37 heavy (non-hydrogen) atoms. The number of hydrogen-bond donors (Lipinski definition) is 2. The fourth-order valence-corrected chi connectivity index (χ4v) is 6.08. The van der Waals surface area contributed by atoms with E-state index >= 15 is 0 Å². The molecule has 0 aliphatic heterocycles. The standard InChI is InChI=1S/C27H29Br2N3O4S/c1-18(2)13-25(32-37(34,35)22-11-9-19(3)10-12-22)27(33)31-30-16-21-14-23(28)26(24(29)15-21)36-17-20-7-5-4-6-8-20/h4-12,14-16,18,25,32H,13,17H2,1-3H3,(H,31,33)/b30-16-/t25-/m1/s1. The minimum atomic E-state index is -3.87. The molecule has 196 valence electrons. The number of benzene rings is 3. The van der Waals surface area contributed by atoms with Crippen LogP contribution in [0.15, 0.2) is 85.7 Å². The summed E-state index contributed by atoms with van der Waals surface area (Å²) < 4.78 is 35.6. The molecule has 3 rings (SSSR count). The minimum Gasteiger partial charge on any atom is -0.487 e. The summed E-state index contributed by atoms with van der Waals surface area (Å²) in [5.74, 6) is 0.185. The molecule has 0 aromatic heterocycles. The minimum absolute atomic E-state index is 0.0794. The van der Waals surface area contributed by atoms with E-state index in [4.69, 9.17) is 4.74 Å². The van der Waals surface area contributed by atoms with Gasteiger partial charge in [0.05, 0.1) is 20.1 Å². The maximum absolute atomic E-state index is 12.8. The van der Waals surface area contributed by atoms with E-state index in [2.05, 4.69) is 47.1 Å². The zero-order chi connectivity index (χ0) is 27.0. The lowest BCUT2D eigenvalue weighted by Gasteiger charge is -2.19. The fraction of sp³-hybridized carbons (Fsp3) is 0.259. The molecule has 0 aliphatic rings. The third-order valence-electron chi connectivity index (χ3n) is 5.29. The molecule has 0 bridgehead atoms. The zero-order valence-corrected chi connectivity index (χ0v) is 24.7. The molecule has 3 aromatic rings. The maximum atomic E-state index is 12.8. The van der Waals surface area contributed by atoms with Crippen LogP contribution in [-0.2, 0) is 21.4 Å². The first-order valence-corrected chi connectivity index (χ1v) is 14.7. The molecule has 1 amide bonds. The van der Waals surface area contributed by atoms with Crippen molar-refractivity contribution in [3.05, 3.63) is 92.4 Å². The quantitative estimate of drug-likeness (QED) is 0.198. The molecule has 0 aliphatic carbocycles. The Morgan fingerprint density at radius 2 is 1.65 bits per heavy atom. The Morgan fingerprint density at radius 3 is 2.24 bits per heavy atom. The third kappa shape index (κ3) is 8.77. The van der Waals surface area contributed by atoms with E-state index in [9.17, 15) is 13.2 Å². The predicted octanol–water partition coefficient (Wildman–Crippen LogP) is 5.94. The first-order chi connectivity index (χ1) is 17.5. The number of nitrogens with zero attached hydrogens (tertiary/aromatic N) is 1. The average Bonchev–Trinajstić information content (AvgIpc) is 2.83. The molecule has 0 saturated carbocycles. The lowest BCUT2D eigenvalue weighted by molar-refractivity contribution is -0.123. The van der Waals surface area contributed by atoms with Crippen molar-refractivity contribution in [1.29, 1.82) is 0 Å². The van der Waals surface area contributed by atoms with Gasteiger partial charge in [-0.05, 0) is 86.5 Å². The van der Waals surface area contributed by atoms with Crippen LogP contribution in [0.25, 0.3) is 0 Å². The molecule has 3 aromatic carbocycles. The Bertz CT molecular complexity index is 1320. The number of hydrogen-bond acceptors (Lipinski definition) is 5. The smallest absolute Gasteiger partial charge is 0.258 e. The van der Waals surface area contributed by atoms with Crippen molar-refractivity contribution in [2.75, 3.05) is 0 Å². The lowest BCUT2D eigenvalue weighted by atomic mass is 10.0. The molecular formula is C27H29Br2N3O4S. The zero-order valence-electron chi connectivity index (χ0n) is 20.7. The van der Waals surface area contributed by atoms with Gasteiger partial charge in [-0.25, -0.2) is 13.8 Å². The highest BCUT2D eigenvalue weighted by molar-refractivity contribution is 9.11. The van der Waals surface area contributed by atoms with E-state index in [0.29, 0.717) is 33.3 Å². The van der Waals surface area contributed by atoms with Crippen LogP contribution in [0.4, 0.5) is 0 Å². The number of ether oxygens (including phenoxy) is 1. The Labute approximate surface area is 235 Å². The van der Waals surface area contributed by atoms with E-state index in [-0.39, 0.29) is 10.8 Å². The largest absolute Gasteiger partial charge is 0.487 e. The van der Waals surface area contributed by atoms with E-state index in [1.54, 1.807) is 12.1 Å². The van der Waals surface area contributed by atoms with Gasteiger partial charge in [0.15, 0.2) is 0 Å². The Hall–Kier alpha value is -2.53. The monoisotopic (exact) mass is 649 g/mol. The summed E-state index contributed by atoms with van der Waals surface area (Å²) in [6.45, 7) is 6.12. The van der Waals surface area contributed by atoms with Crippen molar-refractivity contribution in [3.8, 4) is 5.75 Å². The molecule has 2 N–H and O–H groups in total. The van der Waals surface area contributed by atoms with Crippen molar-refractivity contribution < 1.29 is 17.9 Å². The molecule has 0 spiro atoms. The third-order valence-corrected chi connectivity index (χ3v) is 7.95. The van der Waals surface area contributed by atoms with Crippen molar-refractivity contribution >= 4 is 54.0 Å². The number of carbonyl (C=O) groups is 1. The number of amides is 1. The topological polar surface area (TPSA) is 96.9 Å². The molecule has 1 atom stereocenters. The summed E-state index contributed by atoms with van der Waals surface area (Å²) in [5, 5.41) is 4.05. The van der Waals surface area contributed by atoms with Gasteiger partial charge in [0.25, 0.3) is 5.91 Å². The fourth-order valence-electron chi connectivity index (χ4n) is 3.42. The summed E-state index contributed by atoms with van der Waals surface area (Å²) in [4.78, 5) is 13.0. The van der Waals surface area contributed by atoms with Gasteiger partial charge in [0.2, 0.25) is 10.0 Å². The average molecular weight is 651 g/mol. The van der Waals surface area contributed by atoms with Crippen LogP contribution in [0.1, 0.15) is 37.0 Å². The second kappa shape index (κ2) is 13.3. The Balaban J connectivity index is 1.67. The molecule has 10 heteroatoms. The van der Waals surface area contributed by atoms with Gasteiger partial charge in [-0.3, -0.25) is 4.79 Å². The van der Waals surface area contributed by atoms with Crippen LogP contribution in [-0.4, -0.2) is 26.6 Å². The van der Waals surface area contributed by atoms with E-state index in [0.717, 1.165) is 11.1 Å². The first kappa shape index (κ1) is 29.0. The van der Waals surface area contributed by atoms with Crippen LogP contribution in [0.2, 0.25) is 0 Å². The van der Waals surface area contributed by atoms with Gasteiger partial charge < -0.3 is 4.74 Å². The van der Waals surface area contributed by atoms with Crippen LogP contribution in [0.5, 0.6) is 5.75 Å².